The highest BCUT2D eigenvalue weighted by atomic mass is 127. The van der Waals surface area contributed by atoms with E-state index in [1.165, 1.54) is 5.56 Å². The SMILES string of the molecule is COCCCOCCOC(C)(CI)c1ccccc1Br. The number of hydrogen-bond donors (Lipinski definition) is 0. The second kappa shape index (κ2) is 10.1. The zero-order valence-corrected chi connectivity index (χ0v) is 15.8. The van der Waals surface area contributed by atoms with Crippen LogP contribution in [0.15, 0.2) is 28.7 Å². The summed E-state index contributed by atoms with van der Waals surface area (Å²) >= 11 is 5.96. The van der Waals surface area contributed by atoms with Gasteiger partial charge in [-0.15, -0.1) is 0 Å². The average molecular weight is 457 g/mol. The third-order valence-corrected chi connectivity index (χ3v) is 5.13. The van der Waals surface area contributed by atoms with E-state index in [2.05, 4.69) is 51.5 Å². The van der Waals surface area contributed by atoms with Crippen LogP contribution in [0.4, 0.5) is 0 Å². The van der Waals surface area contributed by atoms with Gasteiger partial charge in [-0.2, -0.15) is 0 Å². The minimum Gasteiger partial charge on any atom is -0.385 e. The fourth-order valence-electron chi connectivity index (χ4n) is 1.81. The van der Waals surface area contributed by atoms with Crippen molar-refractivity contribution in [2.45, 2.75) is 18.9 Å². The van der Waals surface area contributed by atoms with Crippen molar-refractivity contribution in [2.75, 3.05) is 38.0 Å². The van der Waals surface area contributed by atoms with E-state index in [1.807, 2.05) is 18.2 Å². The lowest BCUT2D eigenvalue weighted by atomic mass is 9.98. The van der Waals surface area contributed by atoms with E-state index in [0.29, 0.717) is 19.8 Å². The van der Waals surface area contributed by atoms with Gasteiger partial charge in [0.2, 0.25) is 0 Å². The summed E-state index contributed by atoms with van der Waals surface area (Å²) in [5.74, 6) is 0. The zero-order chi connectivity index (χ0) is 14.8. The van der Waals surface area contributed by atoms with Gasteiger partial charge in [0.1, 0.15) is 5.60 Å². The first-order valence-electron chi connectivity index (χ1n) is 6.65. The Labute approximate surface area is 143 Å². The highest BCUT2D eigenvalue weighted by molar-refractivity contribution is 14.1. The summed E-state index contributed by atoms with van der Waals surface area (Å²) in [6, 6.07) is 8.20. The van der Waals surface area contributed by atoms with Crippen LogP contribution in [-0.4, -0.2) is 38.0 Å². The minimum absolute atomic E-state index is 0.295. The summed E-state index contributed by atoms with van der Waals surface area (Å²) in [4.78, 5) is 0. The number of alkyl halides is 1. The van der Waals surface area contributed by atoms with Gasteiger partial charge in [0.05, 0.1) is 13.2 Å². The fourth-order valence-corrected chi connectivity index (χ4v) is 3.15. The van der Waals surface area contributed by atoms with Crippen LogP contribution in [0.5, 0.6) is 0 Å². The first kappa shape index (κ1) is 18.4. The average Bonchev–Trinajstić information content (AvgIpc) is 2.46. The Morgan fingerprint density at radius 2 is 1.90 bits per heavy atom. The van der Waals surface area contributed by atoms with Crippen LogP contribution in [-0.2, 0) is 19.8 Å². The lowest BCUT2D eigenvalue weighted by molar-refractivity contribution is -0.0465. The molecule has 0 aliphatic rings. The first-order chi connectivity index (χ1) is 9.64. The number of methoxy groups -OCH3 is 1. The monoisotopic (exact) mass is 456 g/mol. The smallest absolute Gasteiger partial charge is 0.100 e. The summed E-state index contributed by atoms with van der Waals surface area (Å²) in [6.45, 7) is 4.77. The molecule has 1 aromatic rings. The summed E-state index contributed by atoms with van der Waals surface area (Å²) in [5, 5.41) is 0. The van der Waals surface area contributed by atoms with Crippen molar-refractivity contribution in [1.29, 1.82) is 0 Å². The number of ether oxygens (including phenoxy) is 3. The molecule has 0 aliphatic heterocycles. The largest absolute Gasteiger partial charge is 0.385 e. The Kier molecular flexibility index (Phi) is 9.28. The summed E-state index contributed by atoms with van der Waals surface area (Å²) in [6.07, 6.45) is 0.921. The van der Waals surface area contributed by atoms with Gasteiger partial charge in [-0.1, -0.05) is 56.7 Å². The van der Waals surface area contributed by atoms with Crippen LogP contribution in [0.3, 0.4) is 0 Å². The predicted octanol–water partition coefficient (Wildman–Crippen LogP) is 4.17. The number of benzene rings is 1. The van der Waals surface area contributed by atoms with Gasteiger partial charge in [0.15, 0.2) is 0 Å². The molecule has 0 saturated heterocycles. The molecular formula is C15H22BrIO3. The molecule has 5 heteroatoms. The maximum atomic E-state index is 6.06. The van der Waals surface area contributed by atoms with Crippen molar-refractivity contribution >= 4 is 38.5 Å². The maximum absolute atomic E-state index is 6.06. The van der Waals surface area contributed by atoms with Gasteiger partial charge in [-0.3, -0.25) is 0 Å². The second-order valence-corrected chi connectivity index (χ2v) is 6.27. The highest BCUT2D eigenvalue weighted by Crippen LogP contribution is 2.33. The molecule has 0 aromatic heterocycles. The van der Waals surface area contributed by atoms with Gasteiger partial charge in [0, 0.05) is 29.2 Å². The standard InChI is InChI=1S/C15H22BrIO3/c1-15(12-17,13-6-3-4-7-14(13)16)20-11-10-19-9-5-8-18-2/h3-4,6-7H,5,8-12H2,1-2H3. The summed E-state index contributed by atoms with van der Waals surface area (Å²) in [5.41, 5.74) is 0.880. The van der Waals surface area contributed by atoms with E-state index < -0.39 is 0 Å². The minimum atomic E-state index is -0.295. The predicted molar refractivity (Wildman–Crippen MR) is 93.6 cm³/mol. The highest BCUT2D eigenvalue weighted by Gasteiger charge is 2.28. The van der Waals surface area contributed by atoms with Crippen LogP contribution in [0.1, 0.15) is 18.9 Å². The van der Waals surface area contributed by atoms with Crippen molar-refractivity contribution in [1.82, 2.24) is 0 Å². The zero-order valence-electron chi connectivity index (χ0n) is 12.0. The summed E-state index contributed by atoms with van der Waals surface area (Å²) in [7, 11) is 1.70. The Balaban J connectivity index is 2.40. The van der Waals surface area contributed by atoms with Gasteiger partial charge in [-0.25, -0.2) is 0 Å². The van der Waals surface area contributed by atoms with Crippen LogP contribution >= 0.6 is 38.5 Å². The number of rotatable bonds is 10. The Morgan fingerprint density at radius 1 is 1.15 bits per heavy atom. The van der Waals surface area contributed by atoms with Gasteiger partial charge in [0.25, 0.3) is 0 Å². The Morgan fingerprint density at radius 3 is 2.55 bits per heavy atom. The lowest BCUT2D eigenvalue weighted by Crippen LogP contribution is -2.30. The van der Waals surface area contributed by atoms with Gasteiger partial charge < -0.3 is 14.2 Å². The van der Waals surface area contributed by atoms with E-state index in [9.17, 15) is 0 Å². The normalized spacial score (nSPS) is 14.2. The molecule has 1 rings (SSSR count). The van der Waals surface area contributed by atoms with Crippen molar-refractivity contribution in [3.05, 3.63) is 34.3 Å². The Hall–Kier alpha value is 0.310. The fraction of sp³-hybridized carbons (Fsp3) is 0.600. The first-order valence-corrected chi connectivity index (χ1v) is 8.97. The van der Waals surface area contributed by atoms with Crippen LogP contribution in [0, 0.1) is 0 Å². The molecule has 0 aliphatic carbocycles. The van der Waals surface area contributed by atoms with Crippen molar-refractivity contribution < 1.29 is 14.2 Å². The molecule has 1 atom stereocenters. The van der Waals surface area contributed by atoms with Crippen LogP contribution in [0.2, 0.25) is 0 Å². The molecule has 3 nitrogen and oxygen atoms in total. The molecule has 0 spiro atoms. The molecule has 0 bridgehead atoms. The maximum Gasteiger partial charge on any atom is 0.100 e. The van der Waals surface area contributed by atoms with Crippen molar-refractivity contribution in [3.8, 4) is 0 Å². The molecule has 0 amide bonds. The van der Waals surface area contributed by atoms with E-state index in [1.54, 1.807) is 7.11 Å². The third-order valence-electron chi connectivity index (χ3n) is 2.98. The van der Waals surface area contributed by atoms with E-state index in [4.69, 9.17) is 14.2 Å². The topological polar surface area (TPSA) is 27.7 Å². The molecular weight excluding hydrogens is 435 g/mol. The summed E-state index contributed by atoms with van der Waals surface area (Å²) < 4.78 is 18.5. The molecule has 0 fully saturated rings. The van der Waals surface area contributed by atoms with E-state index in [-0.39, 0.29) is 5.60 Å². The second-order valence-electron chi connectivity index (χ2n) is 4.65. The van der Waals surface area contributed by atoms with E-state index >= 15 is 0 Å². The molecule has 1 unspecified atom stereocenters. The molecule has 114 valence electrons. The third kappa shape index (κ3) is 5.97. The molecule has 20 heavy (non-hydrogen) atoms. The number of hydrogen-bond acceptors (Lipinski definition) is 3. The van der Waals surface area contributed by atoms with Gasteiger partial charge in [-0.05, 0) is 25.0 Å². The Bertz CT molecular complexity index is 389. The quantitative estimate of drug-likeness (QED) is 0.300. The molecule has 1 aromatic carbocycles. The number of halogens is 2. The molecule has 0 saturated carbocycles. The molecule has 0 N–H and O–H groups in total. The van der Waals surface area contributed by atoms with Crippen molar-refractivity contribution in [2.24, 2.45) is 0 Å². The van der Waals surface area contributed by atoms with Crippen molar-refractivity contribution in [3.63, 3.8) is 0 Å². The molecule has 0 radical (unpaired) electrons. The molecule has 0 heterocycles. The van der Waals surface area contributed by atoms with Crippen LogP contribution in [0.25, 0.3) is 0 Å². The van der Waals surface area contributed by atoms with Crippen LogP contribution < -0.4 is 0 Å². The van der Waals surface area contributed by atoms with E-state index in [0.717, 1.165) is 21.9 Å². The van der Waals surface area contributed by atoms with Gasteiger partial charge >= 0.3 is 0 Å². The lowest BCUT2D eigenvalue weighted by Gasteiger charge is -2.29.